The van der Waals surface area contributed by atoms with E-state index in [0.717, 1.165) is 32.0 Å². The van der Waals surface area contributed by atoms with Crippen molar-refractivity contribution in [3.05, 3.63) is 68.2 Å². The normalized spacial score (nSPS) is 24.5. The predicted octanol–water partition coefficient (Wildman–Crippen LogP) is 5.64. The molecule has 1 saturated carbocycles. The number of rotatable bonds is 7. The van der Waals surface area contributed by atoms with E-state index in [0.29, 0.717) is 40.9 Å². The van der Waals surface area contributed by atoms with Gasteiger partial charge in [0, 0.05) is 34.1 Å². The lowest BCUT2D eigenvalue weighted by molar-refractivity contribution is -0.138. The SMILES string of the molecule is O=C(NC1CN2CCC1CC2)C(Cc1ccc(Cl)cc1C(F)(F)F)NC(=O)C1(c2ccc(Cl)cc2Cl)CC1. The Bertz CT molecular complexity index is 1240. The van der Waals surface area contributed by atoms with Crippen LogP contribution in [0.3, 0.4) is 0 Å². The second kappa shape index (κ2) is 10.5. The number of nitrogens with one attached hydrogen (secondary N) is 2. The van der Waals surface area contributed by atoms with E-state index in [1.54, 1.807) is 18.2 Å². The predicted molar refractivity (Wildman–Crippen MR) is 141 cm³/mol. The lowest BCUT2D eigenvalue weighted by Crippen LogP contribution is -2.60. The van der Waals surface area contributed by atoms with E-state index >= 15 is 0 Å². The Hall–Kier alpha value is -2.00. The Morgan fingerprint density at radius 1 is 1.03 bits per heavy atom. The van der Waals surface area contributed by atoms with Gasteiger partial charge in [0.1, 0.15) is 6.04 Å². The number of nitrogens with zero attached hydrogens (tertiary/aromatic N) is 1. The van der Waals surface area contributed by atoms with E-state index in [-0.39, 0.29) is 23.0 Å². The van der Waals surface area contributed by atoms with Crippen molar-refractivity contribution in [1.82, 2.24) is 15.5 Å². The first-order valence-corrected chi connectivity index (χ1v) is 13.7. The van der Waals surface area contributed by atoms with Crippen molar-refractivity contribution in [1.29, 1.82) is 0 Å². The molecule has 4 fully saturated rings. The number of alkyl halides is 3. The Morgan fingerprint density at radius 2 is 1.68 bits per heavy atom. The van der Waals surface area contributed by atoms with Crippen LogP contribution in [0.15, 0.2) is 36.4 Å². The van der Waals surface area contributed by atoms with Crippen LogP contribution in [0.25, 0.3) is 0 Å². The van der Waals surface area contributed by atoms with Crippen LogP contribution in [0.1, 0.15) is 42.4 Å². The molecule has 0 aromatic heterocycles. The van der Waals surface area contributed by atoms with E-state index in [2.05, 4.69) is 15.5 Å². The van der Waals surface area contributed by atoms with Gasteiger partial charge in [0.2, 0.25) is 11.8 Å². The zero-order chi connectivity index (χ0) is 27.2. The Morgan fingerprint density at radius 3 is 2.26 bits per heavy atom. The lowest BCUT2D eigenvalue weighted by atomic mass is 9.84. The van der Waals surface area contributed by atoms with Crippen LogP contribution in [-0.2, 0) is 27.6 Å². The standard InChI is InChI=1S/C27H27Cl3F3N3O2/c28-17-2-1-16(20(12-17)27(31,32)33)11-22(24(37)34-23-14-36-9-5-15(23)6-10-36)35-25(38)26(7-8-26)19-4-3-18(29)13-21(19)30/h1-4,12-13,15,22-23H,5-11,14H2,(H,34,37)(H,35,38). The van der Waals surface area contributed by atoms with Gasteiger partial charge < -0.3 is 15.5 Å². The fourth-order valence-electron chi connectivity index (χ4n) is 5.75. The van der Waals surface area contributed by atoms with Gasteiger partial charge in [-0.1, -0.05) is 46.9 Å². The highest BCUT2D eigenvalue weighted by atomic mass is 35.5. The Labute approximate surface area is 234 Å². The third-order valence-corrected chi connectivity index (χ3v) is 8.82. The van der Waals surface area contributed by atoms with Crippen molar-refractivity contribution in [3.63, 3.8) is 0 Å². The average molecular weight is 589 g/mol. The summed E-state index contributed by atoms with van der Waals surface area (Å²) in [6, 6.07) is 6.99. The molecule has 0 spiro atoms. The number of hydrogen-bond acceptors (Lipinski definition) is 3. The molecular weight excluding hydrogens is 562 g/mol. The van der Waals surface area contributed by atoms with Crippen molar-refractivity contribution >= 4 is 46.6 Å². The van der Waals surface area contributed by atoms with Crippen LogP contribution in [-0.4, -0.2) is 48.4 Å². The summed E-state index contributed by atoms with van der Waals surface area (Å²) in [6.45, 7) is 2.64. The van der Waals surface area contributed by atoms with Crippen LogP contribution in [0, 0.1) is 5.92 Å². The quantitative estimate of drug-likeness (QED) is 0.441. The summed E-state index contributed by atoms with van der Waals surface area (Å²) in [5, 5.41) is 6.50. The van der Waals surface area contributed by atoms with Gasteiger partial charge in [0.05, 0.1) is 11.0 Å². The highest BCUT2D eigenvalue weighted by Crippen LogP contribution is 2.51. The first-order valence-electron chi connectivity index (χ1n) is 12.6. The monoisotopic (exact) mass is 587 g/mol. The fraction of sp³-hybridized carbons (Fsp3) is 0.481. The molecule has 2 aromatic rings. The molecule has 1 aliphatic carbocycles. The summed E-state index contributed by atoms with van der Waals surface area (Å²) in [4.78, 5) is 29.4. The highest BCUT2D eigenvalue weighted by molar-refractivity contribution is 6.35. The van der Waals surface area contributed by atoms with Crippen molar-refractivity contribution in [2.75, 3.05) is 19.6 Å². The topological polar surface area (TPSA) is 61.4 Å². The molecule has 0 radical (unpaired) electrons. The van der Waals surface area contributed by atoms with E-state index in [4.69, 9.17) is 34.8 Å². The minimum atomic E-state index is -4.67. The number of halogens is 6. The maximum absolute atomic E-state index is 13.8. The van der Waals surface area contributed by atoms with Crippen LogP contribution < -0.4 is 10.6 Å². The molecule has 5 nitrogen and oxygen atoms in total. The molecule has 38 heavy (non-hydrogen) atoms. The van der Waals surface area contributed by atoms with Crippen molar-refractivity contribution in [2.45, 2.75) is 55.8 Å². The molecule has 2 N–H and O–H groups in total. The zero-order valence-corrected chi connectivity index (χ0v) is 22.7. The molecular formula is C27H27Cl3F3N3O2. The molecule has 204 valence electrons. The van der Waals surface area contributed by atoms with Crippen LogP contribution in [0.5, 0.6) is 0 Å². The zero-order valence-electron chi connectivity index (χ0n) is 20.4. The van der Waals surface area contributed by atoms with Crippen LogP contribution in [0.4, 0.5) is 13.2 Å². The molecule has 6 rings (SSSR count). The van der Waals surface area contributed by atoms with Gasteiger partial charge in [-0.3, -0.25) is 9.59 Å². The summed E-state index contributed by atoms with van der Waals surface area (Å²) >= 11 is 18.3. The molecule has 4 aliphatic rings. The molecule has 2 amide bonds. The third-order valence-electron chi connectivity index (χ3n) is 8.04. The summed E-state index contributed by atoms with van der Waals surface area (Å²) in [5.41, 5.74) is -1.42. The highest BCUT2D eigenvalue weighted by Gasteiger charge is 2.53. The van der Waals surface area contributed by atoms with Crippen LogP contribution in [0.2, 0.25) is 15.1 Å². The molecule has 2 aromatic carbocycles. The number of carbonyl (C=O) groups excluding carboxylic acids is 2. The first kappa shape index (κ1) is 27.6. The van der Waals surface area contributed by atoms with E-state index in [1.165, 1.54) is 12.1 Å². The van der Waals surface area contributed by atoms with Crippen molar-refractivity contribution in [2.24, 2.45) is 5.92 Å². The second-order valence-corrected chi connectivity index (χ2v) is 11.8. The third kappa shape index (κ3) is 5.64. The van der Waals surface area contributed by atoms with Crippen molar-refractivity contribution in [3.8, 4) is 0 Å². The summed E-state index contributed by atoms with van der Waals surface area (Å²) in [7, 11) is 0. The number of carbonyl (C=O) groups is 2. The molecule has 2 bridgehead atoms. The Kier molecular flexibility index (Phi) is 7.63. The maximum Gasteiger partial charge on any atom is 0.416 e. The minimum absolute atomic E-state index is 0.0623. The summed E-state index contributed by atoms with van der Waals surface area (Å²) in [5.74, 6) is -0.638. The largest absolute Gasteiger partial charge is 0.416 e. The van der Waals surface area contributed by atoms with Gasteiger partial charge in [0.25, 0.3) is 0 Å². The van der Waals surface area contributed by atoms with E-state index in [1.807, 2.05) is 0 Å². The number of amides is 2. The number of hydrogen-bond donors (Lipinski definition) is 2. The van der Waals surface area contributed by atoms with Gasteiger partial charge in [-0.05, 0) is 80.1 Å². The number of benzene rings is 2. The van der Waals surface area contributed by atoms with E-state index in [9.17, 15) is 22.8 Å². The smallest absolute Gasteiger partial charge is 0.350 e. The fourth-order valence-corrected chi connectivity index (χ4v) is 6.51. The van der Waals surface area contributed by atoms with Crippen LogP contribution >= 0.6 is 34.8 Å². The summed E-state index contributed by atoms with van der Waals surface area (Å²) < 4.78 is 41.5. The summed E-state index contributed by atoms with van der Waals surface area (Å²) in [6.07, 6.45) is -2.10. The molecule has 3 heterocycles. The minimum Gasteiger partial charge on any atom is -0.350 e. The number of piperidine rings is 3. The first-order chi connectivity index (χ1) is 18.0. The Balaban J connectivity index is 1.42. The van der Waals surface area contributed by atoms with Gasteiger partial charge >= 0.3 is 6.18 Å². The average Bonchev–Trinajstić information content (AvgIpc) is 3.66. The van der Waals surface area contributed by atoms with Gasteiger partial charge in [-0.2, -0.15) is 13.2 Å². The van der Waals surface area contributed by atoms with Gasteiger partial charge in [-0.25, -0.2) is 0 Å². The molecule has 2 unspecified atom stereocenters. The van der Waals surface area contributed by atoms with Crippen molar-refractivity contribution < 1.29 is 22.8 Å². The maximum atomic E-state index is 13.8. The number of fused-ring (bicyclic) bond motifs is 3. The lowest BCUT2D eigenvalue weighted by Gasteiger charge is -2.45. The molecule has 3 saturated heterocycles. The van der Waals surface area contributed by atoms with E-state index < -0.39 is 35.0 Å². The second-order valence-electron chi connectivity index (χ2n) is 10.5. The molecule has 3 aliphatic heterocycles. The van der Waals surface area contributed by atoms with Gasteiger partial charge in [0.15, 0.2) is 0 Å². The van der Waals surface area contributed by atoms with Gasteiger partial charge in [-0.15, -0.1) is 0 Å². The molecule has 2 atom stereocenters. The molecule has 11 heteroatoms.